The summed E-state index contributed by atoms with van der Waals surface area (Å²) in [6.45, 7) is 7.57. The van der Waals surface area contributed by atoms with E-state index in [1.54, 1.807) is 4.52 Å². The monoisotopic (exact) mass is 353 g/mol. The summed E-state index contributed by atoms with van der Waals surface area (Å²) in [6.07, 6.45) is 1.03. The first-order valence-corrected chi connectivity index (χ1v) is 9.74. The number of hydrogen-bond acceptors (Lipinski definition) is 6. The summed E-state index contributed by atoms with van der Waals surface area (Å²) < 4.78 is 32.3. The van der Waals surface area contributed by atoms with Crippen molar-refractivity contribution in [2.24, 2.45) is 0 Å². The molecule has 9 heteroatoms. The Labute approximate surface area is 141 Å². The first-order valence-electron chi connectivity index (χ1n) is 7.90. The fourth-order valence-electron chi connectivity index (χ4n) is 2.81. The third-order valence-corrected chi connectivity index (χ3v) is 5.54. The summed E-state index contributed by atoms with van der Waals surface area (Å²) >= 11 is 0. The Bertz CT molecular complexity index is 862. The largest absolute Gasteiger partial charge is 0.374 e. The van der Waals surface area contributed by atoms with E-state index in [-0.39, 0.29) is 6.10 Å². The summed E-state index contributed by atoms with van der Waals surface area (Å²) in [5, 5.41) is 7.84. The van der Waals surface area contributed by atoms with Gasteiger partial charge in [0.1, 0.15) is 5.82 Å². The fourth-order valence-corrected chi connectivity index (χ4v) is 3.66. The van der Waals surface area contributed by atoms with Crippen LogP contribution in [0.25, 0.3) is 5.65 Å². The van der Waals surface area contributed by atoms with Gasteiger partial charge in [0.15, 0.2) is 5.65 Å². The van der Waals surface area contributed by atoms with Gasteiger partial charge >= 0.3 is 0 Å². The Kier molecular flexibility index (Phi) is 4.50. The quantitative estimate of drug-likeness (QED) is 0.872. The minimum absolute atomic E-state index is 0.199. The van der Waals surface area contributed by atoms with Gasteiger partial charge in [-0.1, -0.05) is 0 Å². The van der Waals surface area contributed by atoms with Gasteiger partial charge in [0.25, 0.3) is 0 Å². The normalized spacial score (nSPS) is 19.8. The first-order chi connectivity index (χ1) is 11.3. The van der Waals surface area contributed by atoms with Crippen molar-refractivity contribution in [1.82, 2.24) is 18.9 Å². The lowest BCUT2D eigenvalue weighted by molar-refractivity contribution is 0.00698. The van der Waals surface area contributed by atoms with Gasteiger partial charge in [-0.05, 0) is 20.8 Å². The molecule has 1 N–H and O–H groups in total. The van der Waals surface area contributed by atoms with Gasteiger partial charge in [0, 0.05) is 37.0 Å². The predicted molar refractivity (Wildman–Crippen MR) is 91.8 cm³/mol. The third-order valence-electron chi connectivity index (χ3n) is 4.27. The molecule has 24 heavy (non-hydrogen) atoms. The van der Waals surface area contributed by atoms with Crippen molar-refractivity contribution in [2.75, 3.05) is 37.8 Å². The molecule has 1 unspecified atom stereocenters. The molecule has 1 fully saturated rings. The molecule has 0 spiro atoms. The van der Waals surface area contributed by atoms with Crippen LogP contribution < -0.4 is 5.32 Å². The molecule has 1 aliphatic heterocycles. The highest BCUT2D eigenvalue weighted by Crippen LogP contribution is 2.18. The average Bonchev–Trinajstić information content (AvgIpc) is 2.80. The van der Waals surface area contributed by atoms with E-state index in [1.807, 2.05) is 26.8 Å². The van der Waals surface area contributed by atoms with Crippen molar-refractivity contribution in [3.8, 4) is 0 Å². The van der Waals surface area contributed by atoms with Crippen molar-refractivity contribution >= 4 is 21.5 Å². The van der Waals surface area contributed by atoms with Crippen LogP contribution in [0.5, 0.6) is 0 Å². The van der Waals surface area contributed by atoms with E-state index in [9.17, 15) is 8.42 Å². The molecule has 0 aliphatic carbocycles. The van der Waals surface area contributed by atoms with E-state index in [1.165, 1.54) is 10.6 Å². The highest BCUT2D eigenvalue weighted by molar-refractivity contribution is 7.88. The molecule has 1 atom stereocenters. The second-order valence-electron chi connectivity index (χ2n) is 6.22. The Morgan fingerprint density at radius 1 is 1.38 bits per heavy atom. The second-order valence-corrected chi connectivity index (χ2v) is 8.21. The fraction of sp³-hybridized carbons (Fsp3) is 0.600. The number of nitrogens with zero attached hydrogens (tertiary/aromatic N) is 4. The third kappa shape index (κ3) is 3.38. The van der Waals surface area contributed by atoms with Gasteiger partial charge in [-0.2, -0.15) is 13.9 Å². The minimum atomic E-state index is -3.19. The van der Waals surface area contributed by atoms with Gasteiger partial charge in [-0.15, -0.1) is 0 Å². The highest BCUT2D eigenvalue weighted by atomic mass is 32.2. The van der Waals surface area contributed by atoms with Crippen molar-refractivity contribution < 1.29 is 13.2 Å². The van der Waals surface area contributed by atoms with Gasteiger partial charge in [-0.25, -0.2) is 13.4 Å². The molecule has 132 valence electrons. The standard InChI is InChI=1S/C15H23N5O3S/c1-10-7-14(20-15(17-10)11(2)12(3)18-20)16-8-13-9-19(5-6-23-13)24(4,21)22/h7,13,16H,5-6,8-9H2,1-4H3. The zero-order valence-electron chi connectivity index (χ0n) is 14.4. The zero-order valence-corrected chi connectivity index (χ0v) is 15.2. The number of ether oxygens (including phenoxy) is 1. The molecular formula is C15H23N5O3S. The maximum atomic E-state index is 11.7. The molecule has 3 rings (SSSR count). The van der Waals surface area contributed by atoms with Crippen molar-refractivity contribution in [3.05, 3.63) is 23.0 Å². The lowest BCUT2D eigenvalue weighted by Crippen LogP contribution is -2.47. The number of hydrogen-bond donors (Lipinski definition) is 1. The van der Waals surface area contributed by atoms with Crippen LogP contribution in [0, 0.1) is 20.8 Å². The summed E-state index contributed by atoms with van der Waals surface area (Å²) in [5.74, 6) is 0.828. The van der Waals surface area contributed by atoms with Crippen LogP contribution in [0.2, 0.25) is 0 Å². The molecule has 0 radical (unpaired) electrons. The molecule has 8 nitrogen and oxygen atoms in total. The Balaban J connectivity index is 1.77. The summed E-state index contributed by atoms with van der Waals surface area (Å²) in [4.78, 5) is 4.54. The van der Waals surface area contributed by atoms with E-state index in [0.717, 1.165) is 28.4 Å². The van der Waals surface area contributed by atoms with Gasteiger partial charge in [0.2, 0.25) is 10.0 Å². The number of aromatic nitrogens is 3. The summed E-state index contributed by atoms with van der Waals surface area (Å²) in [6, 6.07) is 1.93. The van der Waals surface area contributed by atoms with Crippen molar-refractivity contribution in [2.45, 2.75) is 26.9 Å². The molecule has 2 aromatic heterocycles. The van der Waals surface area contributed by atoms with Crippen LogP contribution in [0.1, 0.15) is 17.0 Å². The minimum Gasteiger partial charge on any atom is -0.374 e. The van der Waals surface area contributed by atoms with E-state index in [0.29, 0.717) is 26.2 Å². The molecule has 1 saturated heterocycles. The summed E-state index contributed by atoms with van der Waals surface area (Å²) in [7, 11) is -3.19. The molecular weight excluding hydrogens is 330 g/mol. The molecule has 0 saturated carbocycles. The molecule has 2 aromatic rings. The second kappa shape index (κ2) is 6.30. The molecule has 0 bridgehead atoms. The van der Waals surface area contributed by atoms with E-state index < -0.39 is 10.0 Å². The number of fused-ring (bicyclic) bond motifs is 1. The van der Waals surface area contributed by atoms with Crippen molar-refractivity contribution in [3.63, 3.8) is 0 Å². The number of nitrogens with one attached hydrogen (secondary N) is 1. The van der Waals surface area contributed by atoms with E-state index in [4.69, 9.17) is 4.74 Å². The van der Waals surface area contributed by atoms with Crippen molar-refractivity contribution in [1.29, 1.82) is 0 Å². The van der Waals surface area contributed by atoms with Gasteiger partial charge < -0.3 is 10.1 Å². The molecule has 1 aliphatic rings. The average molecular weight is 353 g/mol. The maximum Gasteiger partial charge on any atom is 0.211 e. The van der Waals surface area contributed by atoms with Gasteiger partial charge in [-0.3, -0.25) is 0 Å². The van der Waals surface area contributed by atoms with Crippen LogP contribution in [0.3, 0.4) is 0 Å². The Morgan fingerprint density at radius 3 is 2.83 bits per heavy atom. The lowest BCUT2D eigenvalue weighted by atomic mass is 10.3. The maximum absolute atomic E-state index is 11.7. The number of rotatable bonds is 4. The molecule has 0 aromatic carbocycles. The van der Waals surface area contributed by atoms with Gasteiger partial charge in [0.05, 0.1) is 24.7 Å². The van der Waals surface area contributed by atoms with Crippen LogP contribution in [-0.4, -0.2) is 65.9 Å². The van der Waals surface area contributed by atoms with Crippen LogP contribution in [0.4, 0.5) is 5.82 Å². The predicted octanol–water partition coefficient (Wildman–Crippen LogP) is 0.727. The van der Waals surface area contributed by atoms with Crippen LogP contribution in [-0.2, 0) is 14.8 Å². The topological polar surface area (TPSA) is 88.8 Å². The zero-order chi connectivity index (χ0) is 17.5. The van der Waals surface area contributed by atoms with E-state index in [2.05, 4.69) is 15.4 Å². The summed E-state index contributed by atoms with van der Waals surface area (Å²) in [5.41, 5.74) is 3.72. The van der Waals surface area contributed by atoms with Crippen LogP contribution >= 0.6 is 0 Å². The smallest absolute Gasteiger partial charge is 0.211 e. The first kappa shape index (κ1) is 17.1. The Morgan fingerprint density at radius 2 is 2.12 bits per heavy atom. The SMILES string of the molecule is Cc1cc(NCC2CN(S(C)(=O)=O)CCO2)n2nc(C)c(C)c2n1. The lowest BCUT2D eigenvalue weighted by Gasteiger charge is -2.31. The Hall–Kier alpha value is -1.71. The van der Waals surface area contributed by atoms with E-state index >= 15 is 0 Å². The number of morpholine rings is 1. The number of aryl methyl sites for hydroxylation is 3. The molecule has 3 heterocycles. The number of sulfonamides is 1. The van der Waals surface area contributed by atoms with Crippen LogP contribution in [0.15, 0.2) is 6.07 Å². The highest BCUT2D eigenvalue weighted by Gasteiger charge is 2.26. The number of anilines is 1. The molecule has 0 amide bonds.